The summed E-state index contributed by atoms with van der Waals surface area (Å²) in [6, 6.07) is -0.823. The zero-order valence-corrected chi connectivity index (χ0v) is 14.0. The number of carboxylic acids is 1. The number of carboxylic acid groups (broad SMARTS) is 1. The summed E-state index contributed by atoms with van der Waals surface area (Å²) in [6.45, 7) is 0.489. The summed E-state index contributed by atoms with van der Waals surface area (Å²) in [7, 11) is 0. The highest BCUT2D eigenvalue weighted by molar-refractivity contribution is 14.1. The molecule has 0 aliphatic heterocycles. The van der Waals surface area contributed by atoms with Gasteiger partial charge in [-0.15, -0.1) is 0 Å². The lowest BCUT2D eigenvalue weighted by Crippen LogP contribution is -2.32. The molecule has 0 rings (SSSR count). The fourth-order valence-corrected chi connectivity index (χ4v) is 0.990. The van der Waals surface area contributed by atoms with Crippen molar-refractivity contribution in [2.45, 2.75) is 18.9 Å². The van der Waals surface area contributed by atoms with E-state index in [0.717, 1.165) is 0 Å². The minimum atomic E-state index is -1.000. The molecule has 0 saturated carbocycles. The molecule has 0 aromatic heterocycles. The van der Waals surface area contributed by atoms with Gasteiger partial charge in [0, 0.05) is 6.54 Å². The second kappa shape index (κ2) is 13.3. The number of carbonyl (C=O) groups excluding carboxylic acids is 2. The Bertz CT molecular complexity index is 277. The molecule has 0 aromatic rings. The first kappa shape index (κ1) is 20.2. The maximum absolute atomic E-state index is 10.7. The molecule has 1 unspecified atom stereocenters. The predicted octanol–water partition coefficient (Wildman–Crippen LogP) is -0.364. The molecule has 0 heterocycles. The fraction of sp³-hybridized carbons (Fsp3) is 0.667. The molecule has 1 atom stereocenters. The molecule has 9 heteroatoms. The minimum absolute atomic E-state index is 0.0375. The van der Waals surface area contributed by atoms with E-state index in [-0.39, 0.29) is 11.8 Å². The van der Waals surface area contributed by atoms with Gasteiger partial charge in [-0.2, -0.15) is 0 Å². The van der Waals surface area contributed by atoms with Crippen molar-refractivity contribution in [2.24, 2.45) is 11.5 Å². The van der Waals surface area contributed by atoms with E-state index >= 15 is 0 Å². The zero-order chi connectivity index (χ0) is 14.6. The van der Waals surface area contributed by atoms with Crippen molar-refractivity contribution in [3.63, 3.8) is 0 Å². The highest BCUT2D eigenvalue weighted by Gasteiger charge is 2.10. The van der Waals surface area contributed by atoms with Crippen LogP contribution < -0.4 is 16.8 Å². The standard InChI is InChI=1S/C7H13IN2O3.C2H4INO/c8-4-6(11)10-3-1-2-5(9)7(12)13;3-1-2(4)5/h5H,1-4,9H2,(H,10,11)(H,12,13);1H2,(H2,4,5). The van der Waals surface area contributed by atoms with E-state index in [1.54, 1.807) is 0 Å². The van der Waals surface area contributed by atoms with Crippen molar-refractivity contribution in [1.82, 2.24) is 5.32 Å². The van der Waals surface area contributed by atoms with Crippen molar-refractivity contribution in [3.05, 3.63) is 0 Å². The van der Waals surface area contributed by atoms with Crippen molar-refractivity contribution in [1.29, 1.82) is 0 Å². The highest BCUT2D eigenvalue weighted by atomic mass is 127. The molecule has 0 saturated heterocycles. The largest absolute Gasteiger partial charge is 0.480 e. The van der Waals surface area contributed by atoms with E-state index in [9.17, 15) is 14.4 Å². The first-order valence-electron chi connectivity index (χ1n) is 5.00. The van der Waals surface area contributed by atoms with Crippen LogP contribution in [-0.4, -0.2) is 44.3 Å². The van der Waals surface area contributed by atoms with Gasteiger partial charge in [-0.3, -0.25) is 14.4 Å². The maximum Gasteiger partial charge on any atom is 0.320 e. The number of halogens is 2. The van der Waals surface area contributed by atoms with Gasteiger partial charge >= 0.3 is 5.97 Å². The third kappa shape index (κ3) is 15.8. The molecular formula is C9H17I2N3O4. The molecule has 0 bridgehead atoms. The lowest BCUT2D eigenvalue weighted by atomic mass is 10.2. The van der Waals surface area contributed by atoms with E-state index in [2.05, 4.69) is 11.1 Å². The number of primary amides is 1. The SMILES string of the molecule is NC(=O)CI.NC(CCCNC(=O)CI)C(=O)O. The quantitative estimate of drug-likeness (QED) is 0.222. The van der Waals surface area contributed by atoms with Crippen LogP contribution in [0, 0.1) is 0 Å². The summed E-state index contributed by atoms with van der Waals surface area (Å²) in [6.07, 6.45) is 0.979. The molecular weight excluding hydrogens is 468 g/mol. The fourth-order valence-electron chi connectivity index (χ4n) is 0.721. The van der Waals surface area contributed by atoms with Crippen LogP contribution in [-0.2, 0) is 14.4 Å². The maximum atomic E-state index is 10.7. The third-order valence-corrected chi connectivity index (χ3v) is 3.03. The Morgan fingerprint density at radius 1 is 1.22 bits per heavy atom. The van der Waals surface area contributed by atoms with Gasteiger partial charge in [-0.1, -0.05) is 45.2 Å². The Labute approximate surface area is 133 Å². The van der Waals surface area contributed by atoms with Crippen molar-refractivity contribution >= 4 is 63.0 Å². The summed E-state index contributed by atoms with van der Waals surface area (Å²) in [5, 5.41) is 11.1. The Morgan fingerprint density at radius 2 is 1.72 bits per heavy atom. The lowest BCUT2D eigenvalue weighted by molar-refractivity contribution is -0.138. The van der Waals surface area contributed by atoms with Crippen LogP contribution in [0.4, 0.5) is 0 Å². The van der Waals surface area contributed by atoms with Gasteiger partial charge in [0.1, 0.15) is 6.04 Å². The van der Waals surface area contributed by atoms with Crippen LogP contribution in [0.25, 0.3) is 0 Å². The predicted molar refractivity (Wildman–Crippen MR) is 84.8 cm³/mol. The smallest absolute Gasteiger partial charge is 0.320 e. The van der Waals surface area contributed by atoms with Gasteiger partial charge in [-0.05, 0) is 12.8 Å². The Kier molecular flexibility index (Phi) is 14.9. The Morgan fingerprint density at radius 3 is 2.06 bits per heavy atom. The summed E-state index contributed by atoms with van der Waals surface area (Å²) >= 11 is 3.86. The Hall–Kier alpha value is -0.170. The van der Waals surface area contributed by atoms with Gasteiger partial charge < -0.3 is 21.9 Å². The van der Waals surface area contributed by atoms with Crippen molar-refractivity contribution in [2.75, 3.05) is 15.4 Å². The molecule has 6 N–H and O–H groups in total. The van der Waals surface area contributed by atoms with Gasteiger partial charge in [0.15, 0.2) is 0 Å². The summed E-state index contributed by atoms with van der Waals surface area (Å²) in [5.74, 6) is -1.30. The summed E-state index contributed by atoms with van der Waals surface area (Å²) in [5.41, 5.74) is 9.90. The topological polar surface area (TPSA) is 136 Å². The van der Waals surface area contributed by atoms with Gasteiger partial charge in [0.05, 0.1) is 8.86 Å². The van der Waals surface area contributed by atoms with Crippen LogP contribution in [0.15, 0.2) is 0 Å². The number of alkyl halides is 2. The van der Waals surface area contributed by atoms with Crippen LogP contribution in [0.1, 0.15) is 12.8 Å². The molecule has 0 aliphatic rings. The number of amides is 2. The normalized spacial score (nSPS) is 10.8. The molecule has 2 amide bonds. The van der Waals surface area contributed by atoms with E-state index < -0.39 is 12.0 Å². The number of nitrogens with two attached hydrogens (primary N) is 2. The Balaban J connectivity index is 0. The molecule has 0 aliphatic carbocycles. The van der Waals surface area contributed by atoms with E-state index in [4.69, 9.17) is 10.8 Å². The highest BCUT2D eigenvalue weighted by Crippen LogP contribution is 1.93. The van der Waals surface area contributed by atoms with Gasteiger partial charge in [0.2, 0.25) is 11.8 Å². The minimum Gasteiger partial charge on any atom is -0.480 e. The van der Waals surface area contributed by atoms with Crippen LogP contribution in [0.2, 0.25) is 0 Å². The average molecular weight is 485 g/mol. The molecule has 0 aromatic carbocycles. The number of aliphatic carboxylic acids is 1. The second-order valence-electron chi connectivity index (χ2n) is 3.17. The van der Waals surface area contributed by atoms with Crippen LogP contribution >= 0.6 is 45.2 Å². The van der Waals surface area contributed by atoms with Gasteiger partial charge in [0.25, 0.3) is 0 Å². The number of carbonyl (C=O) groups is 3. The average Bonchev–Trinajstić information content (AvgIpc) is 2.34. The van der Waals surface area contributed by atoms with E-state index in [0.29, 0.717) is 28.2 Å². The molecule has 18 heavy (non-hydrogen) atoms. The van der Waals surface area contributed by atoms with E-state index in [1.807, 2.05) is 45.2 Å². The first-order valence-corrected chi connectivity index (χ1v) is 8.05. The molecule has 7 nitrogen and oxygen atoms in total. The second-order valence-corrected chi connectivity index (χ2v) is 4.70. The molecule has 106 valence electrons. The number of hydrogen-bond acceptors (Lipinski definition) is 4. The monoisotopic (exact) mass is 485 g/mol. The van der Waals surface area contributed by atoms with Crippen molar-refractivity contribution < 1.29 is 19.5 Å². The molecule has 0 spiro atoms. The van der Waals surface area contributed by atoms with E-state index in [1.165, 1.54) is 0 Å². The van der Waals surface area contributed by atoms with Crippen LogP contribution in [0.3, 0.4) is 0 Å². The molecule has 0 radical (unpaired) electrons. The van der Waals surface area contributed by atoms with Crippen LogP contribution in [0.5, 0.6) is 0 Å². The van der Waals surface area contributed by atoms with Crippen molar-refractivity contribution in [3.8, 4) is 0 Å². The lowest BCUT2D eigenvalue weighted by Gasteiger charge is -2.06. The first-order chi connectivity index (χ1) is 8.34. The summed E-state index contributed by atoms with van der Waals surface area (Å²) in [4.78, 5) is 30.6. The number of rotatable bonds is 7. The van der Waals surface area contributed by atoms with Gasteiger partial charge in [-0.25, -0.2) is 0 Å². The molecule has 0 fully saturated rings. The number of nitrogens with one attached hydrogen (secondary N) is 1. The summed E-state index contributed by atoms with van der Waals surface area (Å²) < 4.78 is 0.834. The number of hydrogen-bond donors (Lipinski definition) is 4. The zero-order valence-electron chi connectivity index (χ0n) is 9.70. The third-order valence-electron chi connectivity index (χ3n) is 1.58.